The van der Waals surface area contributed by atoms with E-state index in [0.717, 1.165) is 29.3 Å². The molecule has 2 rings (SSSR count). The average molecular weight is 276 g/mol. The van der Waals surface area contributed by atoms with Crippen LogP contribution in [0.25, 0.3) is 10.9 Å². The quantitative estimate of drug-likeness (QED) is 0.717. The van der Waals surface area contributed by atoms with Crippen molar-refractivity contribution >= 4 is 16.9 Å². The van der Waals surface area contributed by atoms with E-state index in [-0.39, 0.29) is 6.61 Å². The molecule has 0 fully saturated rings. The molecule has 0 radical (unpaired) electrons. The van der Waals surface area contributed by atoms with E-state index < -0.39 is 5.97 Å². The third-order valence-electron chi connectivity index (χ3n) is 3.42. The molecule has 5 nitrogen and oxygen atoms in total. The molecule has 2 aromatic rings. The highest BCUT2D eigenvalue weighted by atomic mass is 16.4. The van der Waals surface area contributed by atoms with E-state index in [1.807, 2.05) is 16.8 Å². The topological polar surface area (TPSA) is 88.5 Å². The molecule has 0 spiro atoms. The van der Waals surface area contributed by atoms with Gasteiger partial charge in [-0.15, -0.1) is 0 Å². The summed E-state index contributed by atoms with van der Waals surface area (Å²) in [6, 6.07) is 5.34. The number of rotatable bonds is 7. The molecular weight excluding hydrogens is 256 g/mol. The van der Waals surface area contributed by atoms with Gasteiger partial charge in [0.2, 0.25) is 0 Å². The summed E-state index contributed by atoms with van der Waals surface area (Å²) in [6.45, 7) is 1.31. The van der Waals surface area contributed by atoms with E-state index in [9.17, 15) is 9.90 Å². The Balaban J connectivity index is 2.54. The Morgan fingerprint density at radius 1 is 1.30 bits per heavy atom. The van der Waals surface area contributed by atoms with Gasteiger partial charge in [-0.25, -0.2) is 4.79 Å². The van der Waals surface area contributed by atoms with Crippen LogP contribution in [0.1, 0.15) is 28.8 Å². The highest BCUT2D eigenvalue weighted by Crippen LogP contribution is 2.26. The van der Waals surface area contributed by atoms with Gasteiger partial charge in [-0.1, -0.05) is 12.1 Å². The Hall–Kier alpha value is -1.85. The SMILES string of the molecule is NCCCc1cn(CCCO)c2c(C(=O)O)cccc12. The van der Waals surface area contributed by atoms with Gasteiger partial charge in [-0.2, -0.15) is 0 Å². The van der Waals surface area contributed by atoms with Gasteiger partial charge >= 0.3 is 5.97 Å². The molecule has 0 amide bonds. The van der Waals surface area contributed by atoms with E-state index in [0.29, 0.717) is 25.1 Å². The maximum atomic E-state index is 11.4. The molecule has 4 N–H and O–H groups in total. The summed E-state index contributed by atoms with van der Waals surface area (Å²) < 4.78 is 1.93. The largest absolute Gasteiger partial charge is 0.478 e. The standard InChI is InChI=1S/C15H20N2O3/c16-7-2-4-11-10-17(8-3-9-18)14-12(11)5-1-6-13(14)15(19)20/h1,5-6,10,18H,2-4,7-9,16H2,(H,19,20). The number of hydrogen-bond donors (Lipinski definition) is 3. The average Bonchev–Trinajstić information content (AvgIpc) is 2.80. The predicted octanol–water partition coefficient (Wildman–Crippen LogP) is 1.61. The van der Waals surface area contributed by atoms with Crippen molar-refractivity contribution in [3.63, 3.8) is 0 Å². The molecule has 0 aliphatic rings. The molecule has 0 aliphatic heterocycles. The molecule has 0 atom stereocenters. The van der Waals surface area contributed by atoms with Crippen LogP contribution in [-0.4, -0.2) is 33.9 Å². The van der Waals surface area contributed by atoms with E-state index >= 15 is 0 Å². The van der Waals surface area contributed by atoms with Crippen molar-refractivity contribution in [1.29, 1.82) is 0 Å². The van der Waals surface area contributed by atoms with Gasteiger partial charge in [0.1, 0.15) is 0 Å². The Morgan fingerprint density at radius 2 is 2.10 bits per heavy atom. The minimum atomic E-state index is -0.927. The number of para-hydroxylation sites is 1. The number of aromatic carboxylic acids is 1. The number of aryl methyl sites for hydroxylation is 2. The Bertz CT molecular complexity index is 604. The molecule has 0 saturated carbocycles. The number of nitrogens with zero attached hydrogens (tertiary/aromatic N) is 1. The fraction of sp³-hybridized carbons (Fsp3) is 0.400. The van der Waals surface area contributed by atoms with Crippen molar-refractivity contribution in [2.75, 3.05) is 13.2 Å². The zero-order valence-electron chi connectivity index (χ0n) is 11.4. The van der Waals surface area contributed by atoms with Gasteiger partial charge in [0.25, 0.3) is 0 Å². The summed E-state index contributed by atoms with van der Waals surface area (Å²) in [5, 5.41) is 19.3. The van der Waals surface area contributed by atoms with E-state index in [2.05, 4.69) is 0 Å². The molecule has 0 saturated heterocycles. The van der Waals surface area contributed by atoms with Crippen molar-refractivity contribution in [3.05, 3.63) is 35.5 Å². The molecule has 0 bridgehead atoms. The fourth-order valence-corrected chi connectivity index (χ4v) is 2.52. The smallest absolute Gasteiger partial charge is 0.337 e. The normalized spacial score (nSPS) is 11.1. The molecule has 20 heavy (non-hydrogen) atoms. The highest BCUT2D eigenvalue weighted by molar-refractivity contribution is 6.03. The van der Waals surface area contributed by atoms with Gasteiger partial charge in [-0.05, 0) is 37.4 Å². The minimum absolute atomic E-state index is 0.0903. The number of aliphatic hydroxyl groups excluding tert-OH is 1. The van der Waals surface area contributed by atoms with Crippen LogP contribution in [0.15, 0.2) is 24.4 Å². The second-order valence-electron chi connectivity index (χ2n) is 4.82. The van der Waals surface area contributed by atoms with Crippen LogP contribution < -0.4 is 5.73 Å². The number of fused-ring (bicyclic) bond motifs is 1. The molecule has 1 aromatic carbocycles. The molecule has 108 valence electrons. The first-order chi connectivity index (χ1) is 9.69. The number of benzene rings is 1. The number of aliphatic hydroxyl groups is 1. The summed E-state index contributed by atoms with van der Waals surface area (Å²) in [7, 11) is 0. The molecule has 0 unspecified atom stereocenters. The lowest BCUT2D eigenvalue weighted by molar-refractivity contribution is 0.0698. The van der Waals surface area contributed by atoms with Crippen LogP contribution in [-0.2, 0) is 13.0 Å². The van der Waals surface area contributed by atoms with Crippen LogP contribution in [0.4, 0.5) is 0 Å². The first kappa shape index (κ1) is 14.6. The maximum absolute atomic E-state index is 11.4. The number of nitrogens with two attached hydrogens (primary N) is 1. The predicted molar refractivity (Wildman–Crippen MR) is 78.0 cm³/mol. The third kappa shape index (κ3) is 2.84. The number of carboxylic acid groups (broad SMARTS) is 1. The monoisotopic (exact) mass is 276 g/mol. The number of carbonyl (C=O) groups is 1. The van der Waals surface area contributed by atoms with Gasteiger partial charge < -0.3 is 20.5 Å². The second-order valence-corrected chi connectivity index (χ2v) is 4.82. The lowest BCUT2D eigenvalue weighted by Crippen LogP contribution is -2.04. The van der Waals surface area contributed by atoms with Crippen LogP contribution in [0.3, 0.4) is 0 Å². The van der Waals surface area contributed by atoms with Crippen LogP contribution in [0.5, 0.6) is 0 Å². The van der Waals surface area contributed by atoms with E-state index in [4.69, 9.17) is 10.8 Å². The zero-order valence-corrected chi connectivity index (χ0v) is 11.4. The fourth-order valence-electron chi connectivity index (χ4n) is 2.52. The number of hydrogen-bond acceptors (Lipinski definition) is 3. The molecule has 1 aromatic heterocycles. The van der Waals surface area contributed by atoms with Crippen molar-refractivity contribution in [3.8, 4) is 0 Å². The zero-order chi connectivity index (χ0) is 14.5. The van der Waals surface area contributed by atoms with E-state index in [1.165, 1.54) is 0 Å². The van der Waals surface area contributed by atoms with Gasteiger partial charge in [0.15, 0.2) is 0 Å². The summed E-state index contributed by atoms with van der Waals surface area (Å²) >= 11 is 0. The first-order valence-corrected chi connectivity index (χ1v) is 6.84. The summed E-state index contributed by atoms with van der Waals surface area (Å²) in [5.74, 6) is -0.927. The summed E-state index contributed by atoms with van der Waals surface area (Å²) in [5.41, 5.74) is 7.71. The first-order valence-electron chi connectivity index (χ1n) is 6.84. The van der Waals surface area contributed by atoms with Gasteiger partial charge in [0, 0.05) is 24.7 Å². The Kier molecular flexibility index (Phi) is 4.76. The minimum Gasteiger partial charge on any atom is -0.478 e. The van der Waals surface area contributed by atoms with Crippen molar-refractivity contribution < 1.29 is 15.0 Å². The molecule has 5 heteroatoms. The van der Waals surface area contributed by atoms with Crippen molar-refractivity contribution in [2.24, 2.45) is 5.73 Å². The molecule has 1 heterocycles. The van der Waals surface area contributed by atoms with E-state index in [1.54, 1.807) is 12.1 Å². The van der Waals surface area contributed by atoms with Gasteiger partial charge in [-0.3, -0.25) is 0 Å². The van der Waals surface area contributed by atoms with Gasteiger partial charge in [0.05, 0.1) is 11.1 Å². The number of carboxylic acids is 1. The summed E-state index contributed by atoms with van der Waals surface area (Å²) in [6.07, 6.45) is 4.30. The highest BCUT2D eigenvalue weighted by Gasteiger charge is 2.15. The lowest BCUT2D eigenvalue weighted by atomic mass is 10.1. The lowest BCUT2D eigenvalue weighted by Gasteiger charge is -2.06. The molecule has 0 aliphatic carbocycles. The Labute approximate surface area is 117 Å². The maximum Gasteiger partial charge on any atom is 0.337 e. The second kappa shape index (κ2) is 6.54. The molecular formula is C15H20N2O3. The Morgan fingerprint density at radius 3 is 2.75 bits per heavy atom. The third-order valence-corrected chi connectivity index (χ3v) is 3.42. The van der Waals surface area contributed by atoms with Crippen LogP contribution in [0.2, 0.25) is 0 Å². The van der Waals surface area contributed by atoms with Crippen LogP contribution in [0, 0.1) is 0 Å². The van der Waals surface area contributed by atoms with Crippen LogP contribution >= 0.6 is 0 Å². The number of aromatic nitrogens is 1. The van der Waals surface area contributed by atoms with Crippen molar-refractivity contribution in [1.82, 2.24) is 4.57 Å². The summed E-state index contributed by atoms with van der Waals surface area (Å²) in [4.78, 5) is 11.4. The van der Waals surface area contributed by atoms with Crippen molar-refractivity contribution in [2.45, 2.75) is 25.8 Å².